The highest BCUT2D eigenvalue weighted by Gasteiger charge is 2.19. The highest BCUT2D eigenvalue weighted by Crippen LogP contribution is 2.24. The first-order valence-corrected chi connectivity index (χ1v) is 7.84. The van der Waals surface area contributed by atoms with Crippen LogP contribution in [-0.2, 0) is 6.54 Å². The summed E-state index contributed by atoms with van der Waals surface area (Å²) in [5, 5.41) is 9.13. The van der Waals surface area contributed by atoms with Crippen molar-refractivity contribution < 1.29 is 4.79 Å². The normalized spacial score (nSPS) is 10.0. The molecule has 5 nitrogen and oxygen atoms in total. The lowest BCUT2D eigenvalue weighted by Crippen LogP contribution is -2.31. The highest BCUT2D eigenvalue weighted by atomic mass is 16.2. The molecule has 0 N–H and O–H groups in total. The fourth-order valence-corrected chi connectivity index (χ4v) is 2.62. The van der Waals surface area contributed by atoms with Crippen LogP contribution in [0.1, 0.15) is 15.9 Å². The van der Waals surface area contributed by atoms with E-state index in [1.807, 2.05) is 48.5 Å². The maximum absolute atomic E-state index is 13.1. The quantitative estimate of drug-likeness (QED) is 0.674. The Morgan fingerprint density at radius 2 is 1.68 bits per heavy atom. The average Bonchev–Trinajstić information content (AvgIpc) is 2.68. The molecule has 0 bridgehead atoms. The summed E-state index contributed by atoms with van der Waals surface area (Å²) in [6.07, 6.45) is 4.79. The van der Waals surface area contributed by atoms with E-state index in [9.17, 15) is 4.79 Å². The number of hydrogen-bond acceptors (Lipinski definition) is 4. The molecule has 122 valence electrons. The van der Waals surface area contributed by atoms with Crippen molar-refractivity contribution >= 4 is 5.91 Å². The predicted octanol–water partition coefficient (Wildman–Crippen LogP) is 3.31. The third kappa shape index (κ3) is 3.88. The van der Waals surface area contributed by atoms with Gasteiger partial charge in [0.1, 0.15) is 12.9 Å². The smallest absolute Gasteiger partial charge is 0.255 e. The molecule has 3 aromatic rings. The summed E-state index contributed by atoms with van der Waals surface area (Å²) >= 11 is 0. The fraction of sp³-hybridized carbons (Fsp3) is 0.100. The van der Waals surface area contributed by atoms with Crippen LogP contribution in [0.2, 0.25) is 0 Å². The van der Waals surface area contributed by atoms with Crippen molar-refractivity contribution in [1.29, 1.82) is 5.26 Å². The zero-order valence-electron chi connectivity index (χ0n) is 13.5. The third-order valence-corrected chi connectivity index (χ3v) is 3.79. The molecule has 0 aliphatic carbocycles. The van der Waals surface area contributed by atoms with Crippen LogP contribution in [0.4, 0.5) is 0 Å². The zero-order chi connectivity index (χ0) is 17.5. The van der Waals surface area contributed by atoms with Crippen LogP contribution in [0.15, 0.2) is 73.3 Å². The summed E-state index contributed by atoms with van der Waals surface area (Å²) in [5.74, 6) is -0.190. The van der Waals surface area contributed by atoms with E-state index in [4.69, 9.17) is 5.26 Å². The number of hydrogen-bond donors (Lipinski definition) is 0. The summed E-state index contributed by atoms with van der Waals surface area (Å²) in [6.45, 7) is 0.403. The highest BCUT2D eigenvalue weighted by molar-refractivity contribution is 6.00. The molecule has 0 saturated heterocycles. The predicted molar refractivity (Wildman–Crippen MR) is 94.3 cm³/mol. The van der Waals surface area contributed by atoms with Gasteiger partial charge in [0.2, 0.25) is 0 Å². The molecule has 0 unspecified atom stereocenters. The molecule has 0 spiro atoms. The minimum absolute atomic E-state index is 0.0212. The number of aromatic nitrogens is 2. The molecule has 25 heavy (non-hydrogen) atoms. The van der Waals surface area contributed by atoms with Crippen molar-refractivity contribution in [2.45, 2.75) is 6.54 Å². The SMILES string of the molecule is N#CCN(Cc1ccccc1)C(=O)c1ccccc1-c1cncnc1. The average molecular weight is 328 g/mol. The fourth-order valence-electron chi connectivity index (χ4n) is 2.62. The molecular formula is C20H16N4O. The zero-order valence-corrected chi connectivity index (χ0v) is 13.5. The van der Waals surface area contributed by atoms with Crippen molar-refractivity contribution in [3.05, 3.63) is 84.4 Å². The van der Waals surface area contributed by atoms with Crippen LogP contribution in [0.25, 0.3) is 11.1 Å². The summed E-state index contributed by atoms with van der Waals surface area (Å²) in [5.41, 5.74) is 3.03. The van der Waals surface area contributed by atoms with Crippen LogP contribution >= 0.6 is 0 Å². The Labute approximate surface area is 146 Å². The molecule has 0 fully saturated rings. The summed E-state index contributed by atoms with van der Waals surface area (Å²) in [4.78, 5) is 22.7. The Hall–Kier alpha value is -3.52. The molecule has 2 aromatic carbocycles. The van der Waals surface area contributed by atoms with Gasteiger partial charge in [0.15, 0.2) is 0 Å². The summed E-state index contributed by atoms with van der Waals surface area (Å²) in [7, 11) is 0. The second kappa shape index (κ2) is 7.84. The van der Waals surface area contributed by atoms with E-state index in [2.05, 4.69) is 16.0 Å². The number of nitrogens with zero attached hydrogens (tertiary/aromatic N) is 4. The van der Waals surface area contributed by atoms with Gasteiger partial charge in [0.05, 0.1) is 6.07 Å². The molecule has 0 aliphatic rings. The van der Waals surface area contributed by atoms with E-state index >= 15 is 0 Å². The minimum Gasteiger partial charge on any atom is -0.321 e. The van der Waals surface area contributed by atoms with Gasteiger partial charge in [-0.2, -0.15) is 5.26 Å². The second-order valence-electron chi connectivity index (χ2n) is 5.48. The van der Waals surface area contributed by atoms with Crippen LogP contribution in [0.5, 0.6) is 0 Å². The molecule has 0 atom stereocenters. The number of carbonyl (C=O) groups excluding carboxylic acids is 1. The van der Waals surface area contributed by atoms with E-state index in [1.165, 1.54) is 11.2 Å². The summed E-state index contributed by atoms with van der Waals surface area (Å²) in [6, 6.07) is 19.0. The van der Waals surface area contributed by atoms with E-state index in [1.54, 1.807) is 18.5 Å². The topological polar surface area (TPSA) is 69.9 Å². The van der Waals surface area contributed by atoms with Crippen molar-refractivity contribution in [2.24, 2.45) is 0 Å². The molecular weight excluding hydrogens is 312 g/mol. The Kier molecular flexibility index (Phi) is 5.13. The molecule has 1 aromatic heterocycles. The molecule has 0 aliphatic heterocycles. The lowest BCUT2D eigenvalue weighted by molar-refractivity contribution is 0.0765. The van der Waals surface area contributed by atoms with Crippen molar-refractivity contribution in [2.75, 3.05) is 6.54 Å². The monoisotopic (exact) mass is 328 g/mol. The Bertz CT molecular complexity index is 888. The number of benzene rings is 2. The van der Waals surface area contributed by atoms with Crippen LogP contribution in [-0.4, -0.2) is 27.3 Å². The molecule has 0 radical (unpaired) electrons. The number of carbonyl (C=O) groups is 1. The van der Waals surface area contributed by atoms with Gasteiger partial charge in [-0.1, -0.05) is 48.5 Å². The largest absolute Gasteiger partial charge is 0.321 e. The van der Waals surface area contributed by atoms with E-state index in [0.717, 1.165) is 16.7 Å². The van der Waals surface area contributed by atoms with Gasteiger partial charge in [0, 0.05) is 30.1 Å². The lowest BCUT2D eigenvalue weighted by atomic mass is 10.0. The van der Waals surface area contributed by atoms with E-state index < -0.39 is 0 Å². The van der Waals surface area contributed by atoms with Gasteiger partial charge in [-0.3, -0.25) is 4.79 Å². The Morgan fingerprint density at radius 3 is 2.40 bits per heavy atom. The van der Waals surface area contributed by atoms with Gasteiger partial charge in [-0.15, -0.1) is 0 Å². The Morgan fingerprint density at radius 1 is 1.00 bits per heavy atom. The van der Waals surface area contributed by atoms with Crippen molar-refractivity contribution in [3.8, 4) is 17.2 Å². The van der Waals surface area contributed by atoms with E-state index in [0.29, 0.717) is 12.1 Å². The van der Waals surface area contributed by atoms with Crippen LogP contribution < -0.4 is 0 Å². The molecule has 0 saturated carbocycles. The standard InChI is InChI=1S/C20H16N4O/c21-10-11-24(14-16-6-2-1-3-7-16)20(25)19-9-5-4-8-18(19)17-12-22-15-23-13-17/h1-9,12-13,15H,11,14H2. The van der Waals surface area contributed by atoms with Gasteiger partial charge in [-0.05, 0) is 17.2 Å². The van der Waals surface area contributed by atoms with Gasteiger partial charge in [0.25, 0.3) is 5.91 Å². The minimum atomic E-state index is -0.190. The maximum atomic E-state index is 13.1. The van der Waals surface area contributed by atoms with Gasteiger partial charge >= 0.3 is 0 Å². The second-order valence-corrected chi connectivity index (χ2v) is 5.48. The van der Waals surface area contributed by atoms with Crippen molar-refractivity contribution in [3.63, 3.8) is 0 Å². The number of amides is 1. The first kappa shape index (κ1) is 16.3. The molecule has 1 heterocycles. The number of nitriles is 1. The van der Waals surface area contributed by atoms with Gasteiger partial charge in [-0.25, -0.2) is 9.97 Å². The van der Waals surface area contributed by atoms with Crippen LogP contribution in [0, 0.1) is 11.3 Å². The first-order chi connectivity index (χ1) is 12.3. The summed E-state index contributed by atoms with van der Waals surface area (Å²) < 4.78 is 0. The molecule has 1 amide bonds. The Balaban J connectivity index is 1.94. The number of rotatable bonds is 5. The third-order valence-electron chi connectivity index (χ3n) is 3.79. The van der Waals surface area contributed by atoms with Gasteiger partial charge < -0.3 is 4.90 Å². The van der Waals surface area contributed by atoms with Crippen molar-refractivity contribution in [1.82, 2.24) is 14.9 Å². The van der Waals surface area contributed by atoms with Crippen LogP contribution in [0.3, 0.4) is 0 Å². The first-order valence-electron chi connectivity index (χ1n) is 7.84. The van der Waals surface area contributed by atoms with E-state index in [-0.39, 0.29) is 12.5 Å². The molecule has 5 heteroatoms. The molecule has 3 rings (SSSR count). The lowest BCUT2D eigenvalue weighted by Gasteiger charge is -2.21. The maximum Gasteiger partial charge on any atom is 0.255 e.